The zero-order valence-electron chi connectivity index (χ0n) is 18.7. The average Bonchev–Trinajstić information content (AvgIpc) is 2.98. The van der Waals surface area contributed by atoms with Gasteiger partial charge < -0.3 is 0 Å². The van der Waals surface area contributed by atoms with Gasteiger partial charge in [0.15, 0.2) is 0 Å². The van der Waals surface area contributed by atoms with Gasteiger partial charge in [0.1, 0.15) is 0 Å². The third-order valence-corrected chi connectivity index (χ3v) is 9.80. The summed E-state index contributed by atoms with van der Waals surface area (Å²) in [6.45, 7) is 14.7. The Hall–Kier alpha value is -0.520. The van der Waals surface area contributed by atoms with Crippen molar-refractivity contribution in [1.29, 1.82) is 0 Å². The van der Waals surface area contributed by atoms with Crippen LogP contribution < -0.4 is 0 Å². The van der Waals surface area contributed by atoms with E-state index < -0.39 is 0 Å². The second kappa shape index (κ2) is 7.38. The Labute approximate surface area is 169 Å². The third-order valence-electron chi connectivity index (χ3n) is 9.80. The Bertz CT molecular complexity index is 595. The van der Waals surface area contributed by atoms with E-state index in [4.69, 9.17) is 0 Å². The van der Waals surface area contributed by atoms with Gasteiger partial charge in [0.2, 0.25) is 0 Å². The quantitative estimate of drug-likeness (QED) is 0.428. The van der Waals surface area contributed by atoms with E-state index in [1.807, 2.05) is 5.57 Å². The first-order valence-corrected chi connectivity index (χ1v) is 12.2. The van der Waals surface area contributed by atoms with Gasteiger partial charge in [-0.3, -0.25) is 0 Å². The molecule has 152 valence electrons. The molecule has 0 unspecified atom stereocenters. The molecule has 0 heterocycles. The van der Waals surface area contributed by atoms with Crippen molar-refractivity contribution in [3.8, 4) is 0 Å². The maximum atomic E-state index is 4.64. The summed E-state index contributed by atoms with van der Waals surface area (Å²) >= 11 is 0. The zero-order valence-corrected chi connectivity index (χ0v) is 18.7. The van der Waals surface area contributed by atoms with Crippen LogP contribution in [0.2, 0.25) is 0 Å². The summed E-state index contributed by atoms with van der Waals surface area (Å²) in [4.78, 5) is 0. The molecular formula is C27H44. The van der Waals surface area contributed by atoms with Crippen molar-refractivity contribution in [3.63, 3.8) is 0 Å². The molecule has 4 aliphatic rings. The summed E-state index contributed by atoms with van der Waals surface area (Å²) in [5, 5.41) is 0. The SMILES string of the molecule is C=C(CCCC(C)C)[C@H]1CC[C@H]2[C@@H]3CCC4=CCCC[C@]4(C)[C@H]3CC[C@]12C. The first-order chi connectivity index (χ1) is 12.9. The van der Waals surface area contributed by atoms with Crippen molar-refractivity contribution in [2.75, 3.05) is 0 Å². The highest BCUT2D eigenvalue weighted by Crippen LogP contribution is 2.67. The predicted molar refractivity (Wildman–Crippen MR) is 118 cm³/mol. The summed E-state index contributed by atoms with van der Waals surface area (Å²) in [6, 6.07) is 0. The molecule has 0 aromatic heterocycles. The molecule has 0 bridgehead atoms. The molecular weight excluding hydrogens is 324 g/mol. The van der Waals surface area contributed by atoms with Crippen molar-refractivity contribution in [2.45, 2.75) is 105 Å². The maximum absolute atomic E-state index is 4.64. The summed E-state index contributed by atoms with van der Waals surface area (Å²) < 4.78 is 0. The van der Waals surface area contributed by atoms with Crippen LogP contribution in [0.5, 0.6) is 0 Å². The van der Waals surface area contributed by atoms with E-state index in [0.29, 0.717) is 10.8 Å². The lowest BCUT2D eigenvalue weighted by molar-refractivity contribution is -0.0467. The van der Waals surface area contributed by atoms with Crippen LogP contribution in [0.25, 0.3) is 0 Å². The van der Waals surface area contributed by atoms with Crippen LogP contribution in [0.1, 0.15) is 105 Å². The molecule has 3 fully saturated rings. The van der Waals surface area contributed by atoms with Gasteiger partial charge in [-0.05, 0) is 111 Å². The van der Waals surface area contributed by atoms with E-state index in [0.717, 1.165) is 29.6 Å². The molecule has 3 saturated carbocycles. The molecule has 4 rings (SSSR count). The van der Waals surface area contributed by atoms with Gasteiger partial charge in [0.05, 0.1) is 0 Å². The van der Waals surface area contributed by atoms with Gasteiger partial charge in [0, 0.05) is 0 Å². The third kappa shape index (κ3) is 3.28. The second-order valence-electron chi connectivity index (χ2n) is 11.6. The molecule has 0 nitrogen and oxygen atoms in total. The van der Waals surface area contributed by atoms with Gasteiger partial charge in [0.25, 0.3) is 0 Å². The monoisotopic (exact) mass is 368 g/mol. The Morgan fingerprint density at radius 3 is 2.70 bits per heavy atom. The van der Waals surface area contributed by atoms with Crippen LogP contribution in [0.15, 0.2) is 23.8 Å². The van der Waals surface area contributed by atoms with Gasteiger partial charge in [-0.25, -0.2) is 0 Å². The first-order valence-electron chi connectivity index (χ1n) is 12.2. The van der Waals surface area contributed by atoms with Gasteiger partial charge in [-0.2, -0.15) is 0 Å². The smallest absolute Gasteiger partial charge is 0.00853 e. The number of fused-ring (bicyclic) bond motifs is 5. The largest absolute Gasteiger partial charge is 0.0996 e. The fourth-order valence-corrected chi connectivity index (χ4v) is 8.34. The van der Waals surface area contributed by atoms with Crippen LogP contribution in [0.3, 0.4) is 0 Å². The molecule has 0 heteroatoms. The molecule has 0 N–H and O–H groups in total. The summed E-state index contributed by atoms with van der Waals surface area (Å²) in [7, 11) is 0. The van der Waals surface area contributed by atoms with E-state index in [-0.39, 0.29) is 0 Å². The van der Waals surface area contributed by atoms with Crippen molar-refractivity contribution in [1.82, 2.24) is 0 Å². The van der Waals surface area contributed by atoms with Gasteiger partial charge in [-0.1, -0.05) is 57.9 Å². The van der Waals surface area contributed by atoms with E-state index in [1.165, 1.54) is 77.0 Å². The second-order valence-corrected chi connectivity index (χ2v) is 11.6. The topological polar surface area (TPSA) is 0 Å². The Morgan fingerprint density at radius 2 is 1.93 bits per heavy atom. The van der Waals surface area contributed by atoms with Crippen LogP contribution in [-0.4, -0.2) is 0 Å². The summed E-state index contributed by atoms with van der Waals surface area (Å²) in [5.41, 5.74) is 4.57. The first kappa shape index (κ1) is 19.8. The molecule has 0 aliphatic heterocycles. The molecule has 4 aliphatic carbocycles. The standard InChI is InChI=1S/C27H44/c1-19(2)9-8-10-20(3)23-14-15-24-22-13-12-21-11-6-7-17-26(21,4)25(22)16-18-27(23,24)5/h11,19,22-25H,3,6-10,12-18H2,1-2,4-5H3/t22-,23+,24-,25-,26-,27+/m0/s1. The lowest BCUT2D eigenvalue weighted by atomic mass is 9.46. The lowest BCUT2D eigenvalue weighted by Crippen LogP contribution is -2.50. The van der Waals surface area contributed by atoms with Crippen molar-refractivity contribution >= 4 is 0 Å². The minimum atomic E-state index is 0.550. The molecule has 27 heavy (non-hydrogen) atoms. The van der Waals surface area contributed by atoms with Crippen LogP contribution in [-0.2, 0) is 0 Å². The molecule has 0 saturated heterocycles. The van der Waals surface area contributed by atoms with Crippen LogP contribution >= 0.6 is 0 Å². The molecule has 0 aromatic carbocycles. The molecule has 0 aromatic rings. The number of hydrogen-bond acceptors (Lipinski definition) is 0. The molecule has 0 radical (unpaired) electrons. The summed E-state index contributed by atoms with van der Waals surface area (Å²) in [5.74, 6) is 4.59. The average molecular weight is 369 g/mol. The van der Waals surface area contributed by atoms with Crippen LogP contribution in [0.4, 0.5) is 0 Å². The van der Waals surface area contributed by atoms with E-state index in [2.05, 4.69) is 40.3 Å². The molecule has 0 spiro atoms. The normalized spacial score (nSPS) is 43.7. The highest BCUT2D eigenvalue weighted by atomic mass is 14.6. The van der Waals surface area contributed by atoms with Crippen molar-refractivity contribution < 1.29 is 0 Å². The minimum Gasteiger partial charge on any atom is -0.0996 e. The van der Waals surface area contributed by atoms with Crippen molar-refractivity contribution in [3.05, 3.63) is 23.8 Å². The lowest BCUT2D eigenvalue weighted by Gasteiger charge is -2.58. The fourth-order valence-electron chi connectivity index (χ4n) is 8.34. The van der Waals surface area contributed by atoms with E-state index in [9.17, 15) is 0 Å². The van der Waals surface area contributed by atoms with E-state index in [1.54, 1.807) is 5.57 Å². The Kier molecular flexibility index (Phi) is 5.41. The highest BCUT2D eigenvalue weighted by Gasteiger charge is 2.58. The highest BCUT2D eigenvalue weighted by molar-refractivity contribution is 5.25. The van der Waals surface area contributed by atoms with Gasteiger partial charge in [-0.15, -0.1) is 0 Å². The van der Waals surface area contributed by atoms with Gasteiger partial charge >= 0.3 is 0 Å². The zero-order chi connectivity index (χ0) is 19.2. The van der Waals surface area contributed by atoms with Crippen molar-refractivity contribution in [2.24, 2.45) is 40.4 Å². The van der Waals surface area contributed by atoms with E-state index >= 15 is 0 Å². The Balaban J connectivity index is 1.49. The number of rotatable bonds is 5. The number of hydrogen-bond donors (Lipinski definition) is 0. The fraction of sp³-hybridized carbons (Fsp3) is 0.852. The predicted octanol–water partition coefficient (Wildman–Crippen LogP) is 8.34. The maximum Gasteiger partial charge on any atom is -0.00853 e. The molecule has 6 atom stereocenters. The Morgan fingerprint density at radius 1 is 1.11 bits per heavy atom. The summed E-state index contributed by atoms with van der Waals surface area (Å²) in [6.07, 6.45) is 19.7. The molecule has 0 amide bonds. The number of allylic oxidation sites excluding steroid dienone is 3. The minimum absolute atomic E-state index is 0.550. The van der Waals surface area contributed by atoms with Crippen LogP contribution in [0, 0.1) is 40.4 Å².